The Hall–Kier alpha value is -0.600. The number of hydrogen-bond acceptors (Lipinski definition) is 2. The quantitative estimate of drug-likeness (QED) is 0.476. The molecule has 0 heterocycles. The average Bonchev–Trinajstić information content (AvgIpc) is 1.87. The summed E-state index contributed by atoms with van der Waals surface area (Å²) in [5.41, 5.74) is 6.52. The van der Waals surface area contributed by atoms with Crippen molar-refractivity contribution in [3.63, 3.8) is 0 Å². The van der Waals surface area contributed by atoms with Gasteiger partial charge < -0.3 is 10.8 Å². The molecule has 2 atom stereocenters. The van der Waals surface area contributed by atoms with Crippen molar-refractivity contribution in [1.29, 1.82) is 0 Å². The number of nitrogens with two attached hydrogens (primary N) is 1. The van der Waals surface area contributed by atoms with Crippen LogP contribution in [0.5, 0.6) is 0 Å². The summed E-state index contributed by atoms with van der Waals surface area (Å²) in [5.74, 6) is -0.0232. The highest BCUT2D eigenvalue weighted by Gasteiger charge is 2.08. The van der Waals surface area contributed by atoms with Crippen LogP contribution >= 0.6 is 0 Å². The number of aliphatic hydroxyl groups is 1. The van der Waals surface area contributed by atoms with Crippen LogP contribution in [0.25, 0.3) is 0 Å². The predicted octanol–water partition coefficient (Wildman–Crippen LogP) is 1.42. The van der Waals surface area contributed by atoms with Crippen molar-refractivity contribution >= 4 is 0 Å². The highest BCUT2D eigenvalue weighted by molar-refractivity contribution is 4.97. The molecule has 0 saturated carbocycles. The lowest BCUT2D eigenvalue weighted by molar-refractivity contribution is 0.138. The molecule has 0 aliphatic rings. The maximum atomic E-state index is 9.00. The van der Waals surface area contributed by atoms with E-state index in [1.165, 1.54) is 5.57 Å². The SMILES string of the molecule is C=CC(CC=C(C)C)C(N)O. The van der Waals surface area contributed by atoms with Crippen molar-refractivity contribution in [3.8, 4) is 0 Å². The Labute approximate surface area is 68.4 Å². The van der Waals surface area contributed by atoms with Gasteiger partial charge in [-0.15, -0.1) is 6.58 Å². The summed E-state index contributed by atoms with van der Waals surface area (Å²) in [6, 6.07) is 0. The topological polar surface area (TPSA) is 46.2 Å². The van der Waals surface area contributed by atoms with Crippen LogP contribution in [0.2, 0.25) is 0 Å². The fraction of sp³-hybridized carbons (Fsp3) is 0.556. The molecule has 2 heteroatoms. The summed E-state index contributed by atoms with van der Waals surface area (Å²) < 4.78 is 0. The molecule has 0 aromatic rings. The Morgan fingerprint density at radius 3 is 2.45 bits per heavy atom. The van der Waals surface area contributed by atoms with Crippen LogP contribution in [0.15, 0.2) is 24.3 Å². The van der Waals surface area contributed by atoms with Gasteiger partial charge in [0.1, 0.15) is 6.23 Å². The first-order valence-corrected chi connectivity index (χ1v) is 3.77. The number of rotatable bonds is 4. The minimum atomic E-state index is -0.789. The molecule has 64 valence electrons. The zero-order valence-electron chi connectivity index (χ0n) is 7.25. The molecule has 0 amide bonds. The molecule has 3 N–H and O–H groups in total. The van der Waals surface area contributed by atoms with Gasteiger partial charge in [0.2, 0.25) is 0 Å². The van der Waals surface area contributed by atoms with Gasteiger partial charge in [-0.1, -0.05) is 17.7 Å². The average molecular weight is 155 g/mol. The lowest BCUT2D eigenvalue weighted by atomic mass is 10.0. The number of allylic oxidation sites excluding steroid dienone is 2. The van der Waals surface area contributed by atoms with E-state index in [1.54, 1.807) is 6.08 Å². The number of hydrogen-bond donors (Lipinski definition) is 2. The normalized spacial score (nSPS) is 15.3. The van der Waals surface area contributed by atoms with E-state index < -0.39 is 6.23 Å². The Morgan fingerprint density at radius 1 is 1.64 bits per heavy atom. The van der Waals surface area contributed by atoms with Gasteiger partial charge >= 0.3 is 0 Å². The highest BCUT2D eigenvalue weighted by atomic mass is 16.3. The van der Waals surface area contributed by atoms with E-state index in [-0.39, 0.29) is 5.92 Å². The second kappa shape index (κ2) is 5.10. The molecule has 2 nitrogen and oxygen atoms in total. The molecular formula is C9H17NO. The van der Waals surface area contributed by atoms with E-state index in [1.807, 2.05) is 19.9 Å². The lowest BCUT2D eigenvalue weighted by Crippen LogP contribution is -2.27. The van der Waals surface area contributed by atoms with Crippen molar-refractivity contribution in [2.24, 2.45) is 11.7 Å². The molecule has 0 rings (SSSR count). The minimum absolute atomic E-state index is 0.0232. The second-order valence-electron chi connectivity index (χ2n) is 2.91. The van der Waals surface area contributed by atoms with Gasteiger partial charge in [0.05, 0.1) is 0 Å². The van der Waals surface area contributed by atoms with Gasteiger partial charge in [-0.2, -0.15) is 0 Å². The van der Waals surface area contributed by atoms with Gasteiger partial charge in [-0.3, -0.25) is 0 Å². The third-order valence-electron chi connectivity index (χ3n) is 1.54. The molecule has 2 unspecified atom stereocenters. The first-order chi connectivity index (χ1) is 5.07. The Morgan fingerprint density at radius 2 is 2.18 bits per heavy atom. The Balaban J connectivity index is 3.89. The van der Waals surface area contributed by atoms with Gasteiger partial charge in [0, 0.05) is 5.92 Å². The summed E-state index contributed by atoms with van der Waals surface area (Å²) >= 11 is 0. The lowest BCUT2D eigenvalue weighted by Gasteiger charge is -2.12. The van der Waals surface area contributed by atoms with E-state index in [4.69, 9.17) is 10.8 Å². The molecule has 0 spiro atoms. The molecule has 0 aromatic carbocycles. The van der Waals surface area contributed by atoms with Gasteiger partial charge in [-0.25, -0.2) is 0 Å². The molecule has 11 heavy (non-hydrogen) atoms. The van der Waals surface area contributed by atoms with Crippen LogP contribution in [0.4, 0.5) is 0 Å². The minimum Gasteiger partial charge on any atom is -0.378 e. The summed E-state index contributed by atoms with van der Waals surface area (Å²) in [4.78, 5) is 0. The van der Waals surface area contributed by atoms with Crippen molar-refractivity contribution in [1.82, 2.24) is 0 Å². The van der Waals surface area contributed by atoms with Crippen LogP contribution in [0.3, 0.4) is 0 Å². The molecule has 0 aromatic heterocycles. The molecule has 0 fully saturated rings. The standard InChI is InChI=1S/C9H17NO/c1-4-8(9(10)11)6-5-7(2)3/h4-5,8-9,11H,1,6,10H2,2-3H3. The summed E-state index contributed by atoms with van der Waals surface area (Å²) in [5, 5.41) is 9.00. The monoisotopic (exact) mass is 155 g/mol. The largest absolute Gasteiger partial charge is 0.378 e. The fourth-order valence-corrected chi connectivity index (χ4v) is 0.747. The third kappa shape index (κ3) is 4.76. The second-order valence-corrected chi connectivity index (χ2v) is 2.91. The van der Waals surface area contributed by atoms with Crippen molar-refractivity contribution in [2.45, 2.75) is 26.5 Å². The molecule has 0 saturated heterocycles. The van der Waals surface area contributed by atoms with Crippen molar-refractivity contribution in [2.75, 3.05) is 0 Å². The summed E-state index contributed by atoms with van der Waals surface area (Å²) in [7, 11) is 0. The maximum Gasteiger partial charge on any atom is 0.109 e. The molecule has 0 radical (unpaired) electrons. The van der Waals surface area contributed by atoms with Crippen LogP contribution in [0, 0.1) is 5.92 Å². The van der Waals surface area contributed by atoms with E-state index in [0.717, 1.165) is 6.42 Å². The smallest absolute Gasteiger partial charge is 0.109 e. The van der Waals surface area contributed by atoms with Gasteiger partial charge in [0.25, 0.3) is 0 Å². The molecular weight excluding hydrogens is 138 g/mol. The van der Waals surface area contributed by atoms with Gasteiger partial charge in [-0.05, 0) is 20.3 Å². The maximum absolute atomic E-state index is 9.00. The van der Waals surface area contributed by atoms with E-state index in [2.05, 4.69) is 6.58 Å². The van der Waals surface area contributed by atoms with E-state index in [9.17, 15) is 0 Å². The Bertz CT molecular complexity index is 146. The predicted molar refractivity (Wildman–Crippen MR) is 47.9 cm³/mol. The zero-order valence-corrected chi connectivity index (χ0v) is 7.25. The van der Waals surface area contributed by atoms with E-state index >= 15 is 0 Å². The molecule has 0 aliphatic carbocycles. The van der Waals surface area contributed by atoms with Crippen LogP contribution in [-0.4, -0.2) is 11.3 Å². The highest BCUT2D eigenvalue weighted by Crippen LogP contribution is 2.09. The van der Waals surface area contributed by atoms with Crippen molar-refractivity contribution in [3.05, 3.63) is 24.3 Å². The van der Waals surface area contributed by atoms with Crippen molar-refractivity contribution < 1.29 is 5.11 Å². The van der Waals surface area contributed by atoms with Crippen LogP contribution in [0.1, 0.15) is 20.3 Å². The molecule has 0 bridgehead atoms. The summed E-state index contributed by atoms with van der Waals surface area (Å²) in [6.45, 7) is 7.62. The number of aliphatic hydroxyl groups excluding tert-OH is 1. The summed E-state index contributed by atoms with van der Waals surface area (Å²) in [6.07, 6.45) is 3.71. The fourth-order valence-electron chi connectivity index (χ4n) is 0.747. The van der Waals surface area contributed by atoms with Crippen LogP contribution < -0.4 is 5.73 Å². The van der Waals surface area contributed by atoms with Crippen LogP contribution in [-0.2, 0) is 0 Å². The Kier molecular flexibility index (Phi) is 4.83. The van der Waals surface area contributed by atoms with E-state index in [0.29, 0.717) is 0 Å². The zero-order chi connectivity index (χ0) is 8.85. The third-order valence-corrected chi connectivity index (χ3v) is 1.54. The molecule has 0 aliphatic heterocycles. The van der Waals surface area contributed by atoms with Gasteiger partial charge in [0.15, 0.2) is 0 Å². The first kappa shape index (κ1) is 10.4. The first-order valence-electron chi connectivity index (χ1n) is 3.77.